The zero-order chi connectivity index (χ0) is 11.1. The Morgan fingerprint density at radius 1 is 1.60 bits per heavy atom. The molecule has 0 radical (unpaired) electrons. The predicted molar refractivity (Wildman–Crippen MR) is 59.9 cm³/mol. The van der Waals surface area contributed by atoms with Gasteiger partial charge in [-0.25, -0.2) is 0 Å². The molecule has 15 heavy (non-hydrogen) atoms. The summed E-state index contributed by atoms with van der Waals surface area (Å²) in [5, 5.41) is 0. The van der Waals surface area contributed by atoms with Crippen LogP contribution in [0.5, 0.6) is 0 Å². The summed E-state index contributed by atoms with van der Waals surface area (Å²) in [6.07, 6.45) is 8.85. The molecule has 0 spiro atoms. The SMILES string of the molecule is CN(C(=O)C1CC1)C1=CCC(C)(N)C=C1. The van der Waals surface area contributed by atoms with E-state index in [9.17, 15) is 4.79 Å². The Balaban J connectivity index is 2.03. The van der Waals surface area contributed by atoms with Gasteiger partial charge in [-0.15, -0.1) is 0 Å². The summed E-state index contributed by atoms with van der Waals surface area (Å²) in [4.78, 5) is 13.5. The lowest BCUT2D eigenvalue weighted by Crippen LogP contribution is -2.36. The van der Waals surface area contributed by atoms with Crippen LogP contribution in [0.1, 0.15) is 26.2 Å². The van der Waals surface area contributed by atoms with Crippen molar-refractivity contribution in [2.75, 3.05) is 7.05 Å². The van der Waals surface area contributed by atoms with E-state index in [1.165, 1.54) is 0 Å². The summed E-state index contributed by atoms with van der Waals surface area (Å²) in [6.45, 7) is 1.99. The van der Waals surface area contributed by atoms with Gasteiger partial charge in [0.1, 0.15) is 0 Å². The van der Waals surface area contributed by atoms with Crippen LogP contribution in [0.4, 0.5) is 0 Å². The molecule has 0 aromatic carbocycles. The quantitative estimate of drug-likeness (QED) is 0.742. The van der Waals surface area contributed by atoms with Crippen LogP contribution in [0.3, 0.4) is 0 Å². The molecule has 3 nitrogen and oxygen atoms in total. The Hall–Kier alpha value is -1.09. The van der Waals surface area contributed by atoms with Gasteiger partial charge in [0.05, 0.1) is 0 Å². The van der Waals surface area contributed by atoms with Crippen molar-refractivity contribution in [1.29, 1.82) is 0 Å². The van der Waals surface area contributed by atoms with Crippen molar-refractivity contribution in [3.63, 3.8) is 0 Å². The lowest BCUT2D eigenvalue weighted by molar-refractivity contribution is -0.129. The highest BCUT2D eigenvalue weighted by molar-refractivity contribution is 5.82. The average Bonchev–Trinajstić information content (AvgIpc) is 2.99. The molecule has 1 atom stereocenters. The van der Waals surface area contributed by atoms with Gasteiger partial charge in [-0.3, -0.25) is 4.79 Å². The van der Waals surface area contributed by atoms with Crippen LogP contribution in [-0.2, 0) is 4.79 Å². The van der Waals surface area contributed by atoms with E-state index in [0.717, 1.165) is 25.0 Å². The van der Waals surface area contributed by atoms with Gasteiger partial charge in [0, 0.05) is 24.2 Å². The van der Waals surface area contributed by atoms with Gasteiger partial charge in [-0.05, 0) is 32.3 Å². The molecule has 2 aliphatic carbocycles. The fourth-order valence-electron chi connectivity index (χ4n) is 1.72. The van der Waals surface area contributed by atoms with E-state index < -0.39 is 0 Å². The van der Waals surface area contributed by atoms with Crippen LogP contribution in [0.15, 0.2) is 23.9 Å². The molecule has 1 amide bonds. The number of hydrogen-bond donors (Lipinski definition) is 1. The number of hydrogen-bond acceptors (Lipinski definition) is 2. The highest BCUT2D eigenvalue weighted by Gasteiger charge is 2.33. The van der Waals surface area contributed by atoms with Crippen molar-refractivity contribution in [2.24, 2.45) is 11.7 Å². The second-order valence-electron chi connectivity index (χ2n) is 4.84. The Morgan fingerprint density at radius 2 is 2.27 bits per heavy atom. The van der Waals surface area contributed by atoms with E-state index in [1.807, 2.05) is 32.2 Å². The van der Waals surface area contributed by atoms with Gasteiger partial charge in [0.25, 0.3) is 0 Å². The molecule has 0 aliphatic heterocycles. The second kappa shape index (κ2) is 3.49. The fraction of sp³-hybridized carbons (Fsp3) is 0.583. The van der Waals surface area contributed by atoms with E-state index in [0.29, 0.717) is 0 Å². The Bertz CT molecular complexity index is 338. The van der Waals surface area contributed by atoms with Crippen molar-refractivity contribution in [3.8, 4) is 0 Å². The van der Waals surface area contributed by atoms with Crippen LogP contribution in [0.25, 0.3) is 0 Å². The highest BCUT2D eigenvalue weighted by atomic mass is 16.2. The molecular weight excluding hydrogens is 188 g/mol. The molecule has 2 rings (SSSR count). The zero-order valence-electron chi connectivity index (χ0n) is 9.36. The fourth-order valence-corrected chi connectivity index (χ4v) is 1.72. The molecule has 1 fully saturated rings. The molecule has 0 saturated heterocycles. The third-order valence-corrected chi connectivity index (χ3v) is 3.03. The number of amides is 1. The summed E-state index contributed by atoms with van der Waals surface area (Å²) < 4.78 is 0. The minimum absolute atomic E-state index is 0.242. The molecular formula is C12H18N2O. The molecule has 0 aromatic rings. The standard InChI is InChI=1S/C12H18N2O/c1-12(13)7-5-10(6-8-12)14(2)11(15)9-3-4-9/h5-7,9H,3-4,8,13H2,1-2H3. The summed E-state index contributed by atoms with van der Waals surface area (Å²) in [6, 6.07) is 0. The maximum absolute atomic E-state index is 11.8. The molecule has 0 heterocycles. The highest BCUT2D eigenvalue weighted by Crippen LogP contribution is 2.32. The molecule has 1 saturated carbocycles. The first-order chi connectivity index (χ1) is 6.99. The molecule has 0 aromatic heterocycles. The average molecular weight is 206 g/mol. The van der Waals surface area contributed by atoms with E-state index in [1.54, 1.807) is 4.90 Å². The van der Waals surface area contributed by atoms with Gasteiger partial charge in [0.2, 0.25) is 5.91 Å². The van der Waals surface area contributed by atoms with Crippen LogP contribution >= 0.6 is 0 Å². The molecule has 2 N–H and O–H groups in total. The maximum atomic E-state index is 11.8. The van der Waals surface area contributed by atoms with Gasteiger partial charge in [0.15, 0.2) is 0 Å². The van der Waals surface area contributed by atoms with E-state index in [2.05, 4.69) is 0 Å². The summed E-state index contributed by atoms with van der Waals surface area (Å²) in [5.74, 6) is 0.516. The minimum atomic E-state index is -0.257. The Labute approximate surface area is 90.6 Å². The number of likely N-dealkylation sites (N-methyl/N-ethyl adjacent to an activating group) is 1. The molecule has 0 bridgehead atoms. The first-order valence-corrected chi connectivity index (χ1v) is 5.45. The summed E-state index contributed by atoms with van der Waals surface area (Å²) in [5.41, 5.74) is 6.68. The minimum Gasteiger partial charge on any atom is -0.322 e. The maximum Gasteiger partial charge on any atom is 0.229 e. The van der Waals surface area contributed by atoms with Crippen molar-refractivity contribution in [3.05, 3.63) is 23.9 Å². The lowest BCUT2D eigenvalue weighted by atomic mass is 9.93. The summed E-state index contributed by atoms with van der Waals surface area (Å²) >= 11 is 0. The van der Waals surface area contributed by atoms with Gasteiger partial charge >= 0.3 is 0 Å². The first-order valence-electron chi connectivity index (χ1n) is 5.45. The van der Waals surface area contributed by atoms with E-state index in [4.69, 9.17) is 5.73 Å². The van der Waals surface area contributed by atoms with Gasteiger partial charge in [-0.1, -0.05) is 12.2 Å². The van der Waals surface area contributed by atoms with Crippen LogP contribution in [0.2, 0.25) is 0 Å². The number of nitrogens with zero attached hydrogens (tertiary/aromatic N) is 1. The second-order valence-corrected chi connectivity index (χ2v) is 4.84. The molecule has 1 unspecified atom stereocenters. The third-order valence-electron chi connectivity index (χ3n) is 3.03. The van der Waals surface area contributed by atoms with Crippen molar-refractivity contribution in [1.82, 2.24) is 4.90 Å². The van der Waals surface area contributed by atoms with Crippen LogP contribution < -0.4 is 5.73 Å². The first kappa shape index (κ1) is 10.4. The lowest BCUT2D eigenvalue weighted by Gasteiger charge is -2.26. The summed E-state index contributed by atoms with van der Waals surface area (Å²) in [7, 11) is 1.84. The number of carbonyl (C=O) groups is 1. The number of nitrogens with two attached hydrogens (primary N) is 1. The zero-order valence-corrected chi connectivity index (χ0v) is 9.36. The van der Waals surface area contributed by atoms with Crippen molar-refractivity contribution in [2.45, 2.75) is 31.7 Å². The van der Waals surface area contributed by atoms with Crippen molar-refractivity contribution >= 4 is 5.91 Å². The van der Waals surface area contributed by atoms with Crippen molar-refractivity contribution < 1.29 is 4.79 Å². The normalized spacial score (nSPS) is 29.9. The van der Waals surface area contributed by atoms with Crippen LogP contribution in [0, 0.1) is 5.92 Å². The smallest absolute Gasteiger partial charge is 0.229 e. The number of rotatable bonds is 2. The Morgan fingerprint density at radius 3 is 2.73 bits per heavy atom. The van der Waals surface area contributed by atoms with E-state index >= 15 is 0 Å². The number of carbonyl (C=O) groups excluding carboxylic acids is 1. The molecule has 2 aliphatic rings. The van der Waals surface area contributed by atoms with Gasteiger partial charge in [-0.2, -0.15) is 0 Å². The number of allylic oxidation sites excluding steroid dienone is 1. The third kappa shape index (κ3) is 2.29. The topological polar surface area (TPSA) is 46.3 Å². The largest absolute Gasteiger partial charge is 0.322 e. The van der Waals surface area contributed by atoms with E-state index in [-0.39, 0.29) is 17.4 Å². The monoisotopic (exact) mass is 206 g/mol. The molecule has 3 heteroatoms. The van der Waals surface area contributed by atoms with Gasteiger partial charge < -0.3 is 10.6 Å². The molecule has 82 valence electrons. The predicted octanol–water partition coefficient (Wildman–Crippen LogP) is 1.42. The Kier molecular flexibility index (Phi) is 2.43. The van der Waals surface area contributed by atoms with Crippen LogP contribution in [-0.4, -0.2) is 23.4 Å².